The van der Waals surface area contributed by atoms with Crippen LogP contribution in [0.5, 0.6) is 11.5 Å². The molecule has 0 aliphatic carbocycles. The highest BCUT2D eigenvalue weighted by Crippen LogP contribution is 2.18. The van der Waals surface area contributed by atoms with E-state index in [2.05, 4.69) is 15.0 Å². The molecule has 8 heteroatoms. The minimum absolute atomic E-state index is 0.0547. The van der Waals surface area contributed by atoms with Gasteiger partial charge in [-0.2, -0.15) is 0 Å². The average Bonchev–Trinajstić information content (AvgIpc) is 3.08. The Morgan fingerprint density at radius 2 is 1.88 bits per heavy atom. The Hall–Kier alpha value is -3.03. The molecular formula is C16H18N2O6. The SMILES string of the molecule is COC(=O)[C@@H](C)NC(=O)c1coc(COc2ccc(OC)cc2)n1. The fraction of sp³-hybridized carbons (Fsp3) is 0.312. The molecule has 0 spiro atoms. The van der Waals surface area contributed by atoms with Gasteiger partial charge in [0.2, 0.25) is 5.89 Å². The number of carbonyl (C=O) groups excluding carboxylic acids is 2. The zero-order valence-corrected chi connectivity index (χ0v) is 13.6. The molecule has 0 aliphatic heterocycles. The molecule has 128 valence electrons. The van der Waals surface area contributed by atoms with Crippen LogP contribution in [0.2, 0.25) is 0 Å². The molecule has 0 bridgehead atoms. The van der Waals surface area contributed by atoms with Crippen molar-refractivity contribution in [3.63, 3.8) is 0 Å². The topological polar surface area (TPSA) is 99.9 Å². The summed E-state index contributed by atoms with van der Waals surface area (Å²) < 4.78 is 20.3. The molecule has 1 atom stereocenters. The highest BCUT2D eigenvalue weighted by atomic mass is 16.5. The first-order valence-electron chi connectivity index (χ1n) is 7.13. The summed E-state index contributed by atoms with van der Waals surface area (Å²) in [7, 11) is 2.83. The van der Waals surface area contributed by atoms with Crippen LogP contribution in [-0.2, 0) is 16.1 Å². The molecule has 1 heterocycles. The summed E-state index contributed by atoms with van der Waals surface area (Å²) in [4.78, 5) is 27.2. The smallest absolute Gasteiger partial charge is 0.328 e. The van der Waals surface area contributed by atoms with Gasteiger partial charge in [0, 0.05) is 0 Å². The third-order valence-corrected chi connectivity index (χ3v) is 3.11. The molecule has 0 aliphatic rings. The van der Waals surface area contributed by atoms with Crippen molar-refractivity contribution >= 4 is 11.9 Å². The second kappa shape index (κ2) is 8.00. The Labute approximate surface area is 138 Å². The summed E-state index contributed by atoms with van der Waals surface area (Å²) in [6.07, 6.45) is 1.20. The lowest BCUT2D eigenvalue weighted by atomic mass is 10.3. The number of nitrogens with one attached hydrogen (secondary N) is 1. The largest absolute Gasteiger partial charge is 0.497 e. The van der Waals surface area contributed by atoms with Gasteiger partial charge in [-0.1, -0.05) is 0 Å². The molecule has 1 aromatic carbocycles. The molecule has 0 fully saturated rings. The van der Waals surface area contributed by atoms with Crippen molar-refractivity contribution in [3.8, 4) is 11.5 Å². The minimum atomic E-state index is -0.779. The fourth-order valence-corrected chi connectivity index (χ4v) is 1.80. The number of nitrogens with zero attached hydrogens (tertiary/aromatic N) is 1. The summed E-state index contributed by atoms with van der Waals surface area (Å²) in [6.45, 7) is 1.57. The van der Waals surface area contributed by atoms with E-state index in [-0.39, 0.29) is 18.2 Å². The zero-order chi connectivity index (χ0) is 17.5. The molecular weight excluding hydrogens is 316 g/mol. The zero-order valence-electron chi connectivity index (χ0n) is 13.6. The second-order valence-electron chi connectivity index (χ2n) is 4.81. The lowest BCUT2D eigenvalue weighted by molar-refractivity contribution is -0.142. The van der Waals surface area contributed by atoms with Crippen LogP contribution >= 0.6 is 0 Å². The maximum absolute atomic E-state index is 11.9. The predicted octanol–water partition coefficient (Wildman–Crippen LogP) is 1.55. The van der Waals surface area contributed by atoms with Crippen molar-refractivity contribution in [2.45, 2.75) is 19.6 Å². The molecule has 1 aromatic heterocycles. The van der Waals surface area contributed by atoms with Crippen LogP contribution in [0.3, 0.4) is 0 Å². The van der Waals surface area contributed by atoms with Crippen molar-refractivity contribution in [1.82, 2.24) is 10.3 Å². The number of hydrogen-bond acceptors (Lipinski definition) is 7. The van der Waals surface area contributed by atoms with Crippen molar-refractivity contribution in [2.24, 2.45) is 0 Å². The van der Waals surface area contributed by atoms with Gasteiger partial charge >= 0.3 is 5.97 Å². The van der Waals surface area contributed by atoms with E-state index in [1.807, 2.05) is 0 Å². The van der Waals surface area contributed by atoms with Gasteiger partial charge in [0.1, 0.15) is 23.8 Å². The van der Waals surface area contributed by atoms with Crippen molar-refractivity contribution in [2.75, 3.05) is 14.2 Å². The van der Waals surface area contributed by atoms with Gasteiger partial charge in [-0.15, -0.1) is 0 Å². The van der Waals surface area contributed by atoms with Crippen LogP contribution in [0.1, 0.15) is 23.3 Å². The van der Waals surface area contributed by atoms with Crippen LogP contribution in [0.4, 0.5) is 0 Å². The molecule has 1 amide bonds. The Morgan fingerprint density at radius 1 is 1.21 bits per heavy atom. The Kier molecular flexibility index (Phi) is 5.78. The number of ether oxygens (including phenoxy) is 3. The van der Waals surface area contributed by atoms with E-state index in [1.165, 1.54) is 20.3 Å². The number of rotatable bonds is 7. The first-order chi connectivity index (χ1) is 11.5. The molecule has 2 rings (SSSR count). The van der Waals surface area contributed by atoms with Gasteiger partial charge in [-0.05, 0) is 31.2 Å². The molecule has 0 unspecified atom stereocenters. The summed E-state index contributed by atoms with van der Waals surface area (Å²) in [5.41, 5.74) is 0.0547. The van der Waals surface area contributed by atoms with Gasteiger partial charge in [0.15, 0.2) is 12.3 Å². The van der Waals surface area contributed by atoms with Gasteiger partial charge in [-0.3, -0.25) is 4.79 Å². The summed E-state index contributed by atoms with van der Waals surface area (Å²) in [5, 5.41) is 2.46. The fourth-order valence-electron chi connectivity index (χ4n) is 1.80. The van der Waals surface area contributed by atoms with Crippen LogP contribution in [0.15, 0.2) is 34.9 Å². The first kappa shape index (κ1) is 17.3. The predicted molar refractivity (Wildman–Crippen MR) is 82.8 cm³/mol. The van der Waals surface area contributed by atoms with Crippen molar-refractivity contribution in [3.05, 3.63) is 42.1 Å². The average molecular weight is 334 g/mol. The van der Waals surface area contributed by atoms with Gasteiger partial charge < -0.3 is 23.9 Å². The summed E-state index contributed by atoms with van der Waals surface area (Å²) in [6, 6.07) is 6.23. The maximum atomic E-state index is 11.9. The van der Waals surface area contributed by atoms with E-state index in [1.54, 1.807) is 31.4 Å². The summed E-state index contributed by atoms with van der Waals surface area (Å²) >= 11 is 0. The number of benzene rings is 1. The number of aromatic nitrogens is 1. The number of hydrogen-bond donors (Lipinski definition) is 1. The molecule has 2 aromatic rings. The van der Waals surface area contributed by atoms with E-state index in [0.717, 1.165) is 5.75 Å². The van der Waals surface area contributed by atoms with Crippen molar-refractivity contribution < 1.29 is 28.2 Å². The third kappa shape index (κ3) is 4.48. The van der Waals surface area contributed by atoms with Crippen molar-refractivity contribution in [1.29, 1.82) is 0 Å². The normalized spacial score (nSPS) is 11.5. The van der Waals surface area contributed by atoms with E-state index >= 15 is 0 Å². The van der Waals surface area contributed by atoms with E-state index in [4.69, 9.17) is 13.9 Å². The van der Waals surface area contributed by atoms with E-state index < -0.39 is 17.9 Å². The minimum Gasteiger partial charge on any atom is -0.497 e. The lowest BCUT2D eigenvalue weighted by Gasteiger charge is -2.09. The standard InChI is InChI=1S/C16H18N2O6/c1-10(16(20)22-3)17-15(19)13-8-24-14(18-13)9-23-12-6-4-11(21-2)5-7-12/h4-8,10H,9H2,1-3H3,(H,17,19)/t10-/m1/s1. The molecule has 8 nitrogen and oxygen atoms in total. The molecule has 0 saturated heterocycles. The Morgan fingerprint density at radius 3 is 2.50 bits per heavy atom. The lowest BCUT2D eigenvalue weighted by Crippen LogP contribution is -2.39. The highest BCUT2D eigenvalue weighted by molar-refractivity contribution is 5.94. The monoisotopic (exact) mass is 334 g/mol. The molecule has 0 saturated carbocycles. The molecule has 1 N–H and O–H groups in total. The molecule has 0 radical (unpaired) electrons. The summed E-state index contributed by atoms with van der Waals surface area (Å²) in [5.74, 6) is 0.486. The number of carbonyl (C=O) groups is 2. The number of methoxy groups -OCH3 is 2. The Balaban J connectivity index is 1.90. The van der Waals surface area contributed by atoms with Crippen LogP contribution < -0.4 is 14.8 Å². The van der Waals surface area contributed by atoms with Gasteiger partial charge in [-0.25, -0.2) is 9.78 Å². The highest BCUT2D eigenvalue weighted by Gasteiger charge is 2.19. The van der Waals surface area contributed by atoms with Crippen LogP contribution in [0.25, 0.3) is 0 Å². The first-order valence-corrected chi connectivity index (χ1v) is 7.13. The van der Waals surface area contributed by atoms with E-state index in [9.17, 15) is 9.59 Å². The maximum Gasteiger partial charge on any atom is 0.328 e. The number of amides is 1. The Bertz CT molecular complexity index is 695. The third-order valence-electron chi connectivity index (χ3n) is 3.11. The molecule has 24 heavy (non-hydrogen) atoms. The van der Waals surface area contributed by atoms with Gasteiger partial charge in [0.25, 0.3) is 5.91 Å². The van der Waals surface area contributed by atoms with Crippen LogP contribution in [-0.4, -0.2) is 37.1 Å². The quantitative estimate of drug-likeness (QED) is 0.767. The van der Waals surface area contributed by atoms with E-state index in [0.29, 0.717) is 5.75 Å². The second-order valence-corrected chi connectivity index (χ2v) is 4.81. The number of oxazole rings is 1. The number of esters is 1. The van der Waals surface area contributed by atoms with Crippen LogP contribution in [0, 0.1) is 0 Å². The van der Waals surface area contributed by atoms with Gasteiger partial charge in [0.05, 0.1) is 14.2 Å².